The first kappa shape index (κ1) is 40.0. The molecule has 0 saturated carbocycles. The first-order chi connectivity index (χ1) is 26.1. The monoisotopic (exact) mass is 754 g/mol. The van der Waals surface area contributed by atoms with Gasteiger partial charge in [0.05, 0.1) is 72.9 Å². The van der Waals surface area contributed by atoms with Crippen LogP contribution in [0.15, 0.2) is 72.8 Å². The number of carboxylic acids is 2. The Morgan fingerprint density at radius 1 is 0.345 bits per heavy atom. The third-order valence-corrected chi connectivity index (χ3v) is 7.83. The standard InChI is InChI=1S/C38H26O17/c1-51-33(45)25-13-17(5-9-21(25)31(41)42)29(39)19-7-11-23(27(15-19)35(47)53-3)37(49)55-38(50)24-12-8-20(16-28(24)36(48)54-4)30(40)18-6-10-22(32(43)44)26(14-18)34(46)52-2/h5-16H,1-4H3,(H,41,42)(H,43,44). The highest BCUT2D eigenvalue weighted by atomic mass is 16.6. The fraction of sp³-hybridized carbons (Fsp3) is 0.105. The zero-order valence-electron chi connectivity index (χ0n) is 28.9. The zero-order chi connectivity index (χ0) is 40.7. The van der Waals surface area contributed by atoms with Crippen molar-refractivity contribution in [3.8, 4) is 0 Å². The molecular formula is C38H26O17. The number of ketones is 2. The van der Waals surface area contributed by atoms with E-state index in [-0.39, 0.29) is 22.3 Å². The van der Waals surface area contributed by atoms with Gasteiger partial charge < -0.3 is 33.9 Å². The molecule has 0 aliphatic carbocycles. The lowest BCUT2D eigenvalue weighted by Crippen LogP contribution is -2.20. The van der Waals surface area contributed by atoms with Gasteiger partial charge in [-0.15, -0.1) is 0 Å². The Morgan fingerprint density at radius 3 is 0.818 bits per heavy atom. The second-order valence-electron chi connectivity index (χ2n) is 11.0. The summed E-state index contributed by atoms with van der Waals surface area (Å²) < 4.78 is 23.6. The predicted molar refractivity (Wildman–Crippen MR) is 182 cm³/mol. The normalized spacial score (nSPS) is 10.3. The number of hydrogen-bond donors (Lipinski definition) is 2. The number of methoxy groups -OCH3 is 4. The Kier molecular flexibility index (Phi) is 12.1. The number of ether oxygens (including phenoxy) is 5. The molecule has 0 unspecified atom stereocenters. The Bertz CT molecular complexity index is 2190. The Balaban J connectivity index is 1.68. The predicted octanol–water partition coefficient (Wildman–Crippen LogP) is 3.69. The Labute approximate surface area is 308 Å². The summed E-state index contributed by atoms with van der Waals surface area (Å²) in [5.74, 6) is -11.8. The number of rotatable bonds is 12. The molecule has 17 heteroatoms. The number of carboxylic acid groups (broad SMARTS) is 2. The molecule has 17 nitrogen and oxygen atoms in total. The maximum absolute atomic E-state index is 13.4. The minimum absolute atomic E-state index is 0.190. The molecule has 0 heterocycles. The second-order valence-corrected chi connectivity index (χ2v) is 11.0. The van der Waals surface area contributed by atoms with Crippen LogP contribution in [-0.2, 0) is 23.7 Å². The molecule has 0 fully saturated rings. The lowest BCUT2D eigenvalue weighted by Gasteiger charge is -2.12. The average Bonchev–Trinajstić information content (AvgIpc) is 3.20. The molecule has 0 aromatic heterocycles. The van der Waals surface area contributed by atoms with E-state index in [1.807, 2.05) is 0 Å². The van der Waals surface area contributed by atoms with Crippen LogP contribution in [0.5, 0.6) is 0 Å². The van der Waals surface area contributed by atoms with E-state index in [1.54, 1.807) is 0 Å². The van der Waals surface area contributed by atoms with Crippen molar-refractivity contribution in [2.75, 3.05) is 28.4 Å². The van der Waals surface area contributed by atoms with Crippen molar-refractivity contribution in [1.82, 2.24) is 0 Å². The second kappa shape index (κ2) is 16.7. The van der Waals surface area contributed by atoms with Crippen LogP contribution in [0.1, 0.15) is 115 Å². The van der Waals surface area contributed by atoms with Crippen molar-refractivity contribution in [3.63, 3.8) is 0 Å². The Hall–Kier alpha value is -7.82. The van der Waals surface area contributed by atoms with Crippen molar-refractivity contribution in [2.24, 2.45) is 0 Å². The SMILES string of the molecule is COC(=O)c1cc(C(=O)c2ccc(C(=O)OC(=O)c3ccc(C(=O)c4ccc(C(=O)O)c(C(=O)OC)c4)cc3C(=O)OC)c(C(=O)OC)c2)ccc1C(=O)O. The molecule has 280 valence electrons. The number of hydrogen-bond acceptors (Lipinski definition) is 15. The molecular weight excluding hydrogens is 728 g/mol. The molecule has 0 saturated heterocycles. The first-order valence-electron chi connectivity index (χ1n) is 15.3. The smallest absolute Gasteiger partial charge is 0.346 e. The summed E-state index contributed by atoms with van der Waals surface area (Å²) in [4.78, 5) is 126. The molecule has 2 N–H and O–H groups in total. The molecule has 0 spiro atoms. The van der Waals surface area contributed by atoms with Crippen LogP contribution in [0.3, 0.4) is 0 Å². The van der Waals surface area contributed by atoms with Crippen LogP contribution in [0, 0.1) is 0 Å². The molecule has 0 aliphatic heterocycles. The average molecular weight is 755 g/mol. The summed E-state index contributed by atoms with van der Waals surface area (Å²) in [6.45, 7) is 0. The van der Waals surface area contributed by atoms with Crippen LogP contribution < -0.4 is 0 Å². The number of carbonyl (C=O) groups excluding carboxylic acids is 8. The van der Waals surface area contributed by atoms with Crippen molar-refractivity contribution in [1.29, 1.82) is 0 Å². The van der Waals surface area contributed by atoms with Crippen molar-refractivity contribution < 1.29 is 81.8 Å². The van der Waals surface area contributed by atoms with Gasteiger partial charge in [0.15, 0.2) is 11.6 Å². The largest absolute Gasteiger partial charge is 0.478 e. The van der Waals surface area contributed by atoms with E-state index in [4.69, 9.17) is 14.2 Å². The van der Waals surface area contributed by atoms with Crippen LogP contribution in [0.4, 0.5) is 0 Å². The molecule has 4 rings (SSSR count). The molecule has 0 aliphatic rings. The van der Waals surface area contributed by atoms with E-state index >= 15 is 0 Å². The van der Waals surface area contributed by atoms with Gasteiger partial charge in [0, 0.05) is 22.3 Å². The number of carbonyl (C=O) groups is 10. The van der Waals surface area contributed by atoms with Gasteiger partial charge in [-0.3, -0.25) is 9.59 Å². The summed E-state index contributed by atoms with van der Waals surface area (Å²) in [5.41, 5.74) is -4.81. The van der Waals surface area contributed by atoms with E-state index < -0.39 is 104 Å². The maximum atomic E-state index is 13.4. The van der Waals surface area contributed by atoms with E-state index in [1.165, 1.54) is 0 Å². The molecule has 0 amide bonds. The van der Waals surface area contributed by atoms with Crippen molar-refractivity contribution in [2.45, 2.75) is 0 Å². The number of aromatic carboxylic acids is 2. The van der Waals surface area contributed by atoms with E-state index in [9.17, 15) is 58.2 Å². The highest BCUT2D eigenvalue weighted by Crippen LogP contribution is 2.24. The first-order valence-corrected chi connectivity index (χ1v) is 15.3. The van der Waals surface area contributed by atoms with Gasteiger partial charge in [-0.1, -0.05) is 24.3 Å². The summed E-state index contributed by atoms with van der Waals surface area (Å²) in [5, 5.41) is 18.8. The minimum Gasteiger partial charge on any atom is -0.478 e. The molecule has 4 aromatic rings. The van der Waals surface area contributed by atoms with Gasteiger partial charge in [0.25, 0.3) is 0 Å². The van der Waals surface area contributed by atoms with Gasteiger partial charge in [0.2, 0.25) is 0 Å². The number of benzene rings is 4. The van der Waals surface area contributed by atoms with E-state index in [2.05, 4.69) is 9.47 Å². The van der Waals surface area contributed by atoms with Crippen molar-refractivity contribution in [3.05, 3.63) is 140 Å². The van der Waals surface area contributed by atoms with Crippen LogP contribution in [0.2, 0.25) is 0 Å². The summed E-state index contributed by atoms with van der Waals surface area (Å²) in [7, 11) is 3.95. The maximum Gasteiger partial charge on any atom is 0.346 e. The summed E-state index contributed by atoms with van der Waals surface area (Å²) >= 11 is 0. The molecule has 4 aromatic carbocycles. The fourth-order valence-corrected chi connectivity index (χ4v) is 5.11. The molecule has 0 atom stereocenters. The van der Waals surface area contributed by atoms with Crippen LogP contribution in [-0.4, -0.2) is 98.0 Å². The molecule has 0 radical (unpaired) electrons. The van der Waals surface area contributed by atoms with Gasteiger partial charge >= 0.3 is 47.8 Å². The van der Waals surface area contributed by atoms with E-state index in [0.29, 0.717) is 0 Å². The summed E-state index contributed by atoms with van der Waals surface area (Å²) in [6.07, 6.45) is 0. The van der Waals surface area contributed by atoms with E-state index in [0.717, 1.165) is 101 Å². The van der Waals surface area contributed by atoms with Crippen LogP contribution >= 0.6 is 0 Å². The van der Waals surface area contributed by atoms with Gasteiger partial charge in [0.1, 0.15) is 0 Å². The zero-order valence-corrected chi connectivity index (χ0v) is 28.9. The molecule has 55 heavy (non-hydrogen) atoms. The van der Waals surface area contributed by atoms with Gasteiger partial charge in [-0.2, -0.15) is 0 Å². The highest BCUT2D eigenvalue weighted by molar-refractivity contribution is 6.16. The highest BCUT2D eigenvalue weighted by Gasteiger charge is 2.29. The minimum atomic E-state index is -1.46. The summed E-state index contributed by atoms with van der Waals surface area (Å²) in [6, 6.07) is 12.1. The van der Waals surface area contributed by atoms with Crippen LogP contribution in [0.25, 0.3) is 0 Å². The third-order valence-electron chi connectivity index (χ3n) is 7.83. The molecule has 0 bridgehead atoms. The lowest BCUT2D eigenvalue weighted by molar-refractivity contribution is 0.0381. The topological polar surface area (TPSA) is 257 Å². The number of esters is 6. The third kappa shape index (κ3) is 8.30. The lowest BCUT2D eigenvalue weighted by atomic mass is 9.95. The fourth-order valence-electron chi connectivity index (χ4n) is 5.11. The van der Waals surface area contributed by atoms with Gasteiger partial charge in [-0.25, -0.2) is 38.4 Å². The Morgan fingerprint density at radius 2 is 0.582 bits per heavy atom. The van der Waals surface area contributed by atoms with Gasteiger partial charge in [-0.05, 0) is 48.5 Å². The quantitative estimate of drug-likeness (QED) is 0.0904. The van der Waals surface area contributed by atoms with Crippen molar-refractivity contribution >= 4 is 59.3 Å².